The number of allylic oxidation sites excluding steroid dienone is 1. The average molecular weight is 698 g/mol. The van der Waals surface area contributed by atoms with Crippen LogP contribution in [0.15, 0.2) is 116 Å². The highest BCUT2D eigenvalue weighted by Gasteiger charge is 2.18. The molecule has 9 nitrogen and oxygen atoms in total. The number of nitrogens with one attached hydrogen (secondary N) is 1. The molecule has 0 bridgehead atoms. The van der Waals surface area contributed by atoms with Gasteiger partial charge in [-0.2, -0.15) is 9.78 Å². The zero-order valence-corrected chi connectivity index (χ0v) is 26.8. The van der Waals surface area contributed by atoms with Crippen molar-refractivity contribution >= 4 is 67.2 Å². The van der Waals surface area contributed by atoms with Crippen molar-refractivity contribution in [2.45, 2.75) is 6.42 Å². The SMILES string of the molecule is C=CCc1cc(C=Nn2c(-c3cc4cc(Br)ccc4o3)nc3ccccc3c2=O)cc(OC)c1OCC(=O)Nc1ccc(Cl)cc1. The Balaban J connectivity index is 1.35. The Bertz CT molecular complexity index is 2190. The molecule has 1 N–H and O–H groups in total. The number of furan rings is 1. The van der Waals surface area contributed by atoms with Crippen LogP contribution >= 0.6 is 27.5 Å². The lowest BCUT2D eigenvalue weighted by atomic mass is 10.1. The van der Waals surface area contributed by atoms with Gasteiger partial charge in [0.15, 0.2) is 23.9 Å². The number of para-hydroxylation sites is 1. The van der Waals surface area contributed by atoms with Crippen LogP contribution in [0.1, 0.15) is 11.1 Å². The molecule has 0 radical (unpaired) electrons. The van der Waals surface area contributed by atoms with Crippen LogP contribution in [-0.2, 0) is 11.2 Å². The number of nitrogens with zero attached hydrogens (tertiary/aromatic N) is 3. The van der Waals surface area contributed by atoms with Gasteiger partial charge in [-0.25, -0.2) is 4.98 Å². The van der Waals surface area contributed by atoms with Crippen molar-refractivity contribution in [2.75, 3.05) is 19.0 Å². The van der Waals surface area contributed by atoms with Crippen molar-refractivity contribution in [1.82, 2.24) is 9.66 Å². The van der Waals surface area contributed by atoms with Gasteiger partial charge in [-0.05, 0) is 84.8 Å². The quantitative estimate of drug-likeness (QED) is 0.115. The minimum atomic E-state index is -0.358. The molecule has 4 aromatic carbocycles. The summed E-state index contributed by atoms with van der Waals surface area (Å²) >= 11 is 9.42. The highest BCUT2D eigenvalue weighted by Crippen LogP contribution is 2.34. The number of carbonyl (C=O) groups excluding carboxylic acids is 1. The minimum absolute atomic E-state index is 0.247. The van der Waals surface area contributed by atoms with E-state index < -0.39 is 0 Å². The number of methoxy groups -OCH3 is 1. The molecule has 0 aliphatic heterocycles. The first-order valence-electron chi connectivity index (χ1n) is 14.1. The number of hydrogen-bond donors (Lipinski definition) is 1. The highest BCUT2D eigenvalue weighted by molar-refractivity contribution is 9.10. The summed E-state index contributed by atoms with van der Waals surface area (Å²) in [5.41, 5.74) is 2.73. The molecule has 2 heterocycles. The van der Waals surface area contributed by atoms with Crippen molar-refractivity contribution in [2.24, 2.45) is 5.10 Å². The second-order valence-corrected chi connectivity index (χ2v) is 11.5. The molecule has 0 fully saturated rings. The van der Waals surface area contributed by atoms with Crippen molar-refractivity contribution in [3.63, 3.8) is 0 Å². The molecule has 1 amide bonds. The van der Waals surface area contributed by atoms with Crippen LogP contribution < -0.4 is 20.3 Å². The second-order valence-electron chi connectivity index (χ2n) is 10.2. The van der Waals surface area contributed by atoms with Gasteiger partial charge in [-0.3, -0.25) is 9.59 Å². The third kappa shape index (κ3) is 6.58. The Kier molecular flexibility index (Phi) is 9.00. The van der Waals surface area contributed by atoms with E-state index in [1.807, 2.05) is 36.4 Å². The van der Waals surface area contributed by atoms with Gasteiger partial charge in [0.25, 0.3) is 11.5 Å². The Morgan fingerprint density at radius 1 is 1.11 bits per heavy atom. The maximum Gasteiger partial charge on any atom is 0.282 e. The fourth-order valence-electron chi connectivity index (χ4n) is 4.89. The molecule has 0 spiro atoms. The van der Waals surface area contributed by atoms with E-state index in [1.165, 1.54) is 18.0 Å². The summed E-state index contributed by atoms with van der Waals surface area (Å²) in [6.07, 6.45) is 3.67. The van der Waals surface area contributed by atoms with Crippen molar-refractivity contribution < 1.29 is 18.7 Å². The number of anilines is 1. The smallest absolute Gasteiger partial charge is 0.282 e. The second kappa shape index (κ2) is 13.4. The lowest BCUT2D eigenvalue weighted by Crippen LogP contribution is -2.21. The molecule has 2 aromatic heterocycles. The molecule has 46 heavy (non-hydrogen) atoms. The normalized spacial score (nSPS) is 11.3. The van der Waals surface area contributed by atoms with Gasteiger partial charge in [0.2, 0.25) is 5.82 Å². The van der Waals surface area contributed by atoms with Crippen LogP contribution in [0.5, 0.6) is 11.5 Å². The fraction of sp³-hybridized carbons (Fsp3) is 0.0857. The van der Waals surface area contributed by atoms with Gasteiger partial charge in [0, 0.05) is 26.1 Å². The number of amides is 1. The standard InChI is InChI=1S/C35H26BrClN4O5/c1-3-6-22-15-21(16-30(44-2)33(22)45-20-32(42)39-26-12-10-25(37)11-13-26)19-38-41-34(40-28-8-5-4-7-27(28)35(41)43)31-18-23-17-24(36)9-14-29(23)46-31/h3-5,7-19H,1,6,20H2,2H3,(H,39,42). The molecular formula is C35H26BrClN4O5. The van der Waals surface area contributed by atoms with Gasteiger partial charge in [-0.15, -0.1) is 6.58 Å². The third-order valence-electron chi connectivity index (χ3n) is 6.99. The van der Waals surface area contributed by atoms with Gasteiger partial charge < -0.3 is 19.2 Å². The highest BCUT2D eigenvalue weighted by atomic mass is 79.9. The van der Waals surface area contributed by atoms with Crippen LogP contribution in [0.2, 0.25) is 5.02 Å². The van der Waals surface area contributed by atoms with E-state index in [0.29, 0.717) is 62.0 Å². The van der Waals surface area contributed by atoms with E-state index in [9.17, 15) is 9.59 Å². The van der Waals surface area contributed by atoms with E-state index in [2.05, 4.69) is 32.9 Å². The number of fused-ring (bicyclic) bond motifs is 2. The molecule has 11 heteroatoms. The number of halogens is 2. The predicted octanol–water partition coefficient (Wildman–Crippen LogP) is 7.86. The average Bonchev–Trinajstić information content (AvgIpc) is 3.48. The maximum atomic E-state index is 13.7. The zero-order chi connectivity index (χ0) is 32.2. The van der Waals surface area contributed by atoms with Crippen LogP contribution in [0.4, 0.5) is 5.69 Å². The Hall–Kier alpha value is -5.19. The van der Waals surface area contributed by atoms with E-state index >= 15 is 0 Å². The monoisotopic (exact) mass is 696 g/mol. The summed E-state index contributed by atoms with van der Waals surface area (Å²) in [6.45, 7) is 3.60. The minimum Gasteiger partial charge on any atom is -0.493 e. The molecule has 6 aromatic rings. The van der Waals surface area contributed by atoms with Crippen molar-refractivity contribution in [1.29, 1.82) is 0 Å². The van der Waals surface area contributed by atoms with Gasteiger partial charge in [0.1, 0.15) is 5.58 Å². The van der Waals surface area contributed by atoms with Crippen LogP contribution in [0, 0.1) is 0 Å². The summed E-state index contributed by atoms with van der Waals surface area (Å²) < 4.78 is 19.8. The Labute approximate surface area is 276 Å². The van der Waals surface area contributed by atoms with Crippen molar-refractivity contribution in [3.8, 4) is 23.1 Å². The number of carbonyl (C=O) groups is 1. The first-order chi connectivity index (χ1) is 22.3. The topological polar surface area (TPSA) is 108 Å². The molecule has 0 atom stereocenters. The van der Waals surface area contributed by atoms with E-state index in [-0.39, 0.29) is 23.9 Å². The lowest BCUT2D eigenvalue weighted by molar-refractivity contribution is -0.118. The largest absolute Gasteiger partial charge is 0.493 e. The number of benzene rings is 4. The molecule has 230 valence electrons. The fourth-order valence-corrected chi connectivity index (χ4v) is 5.39. The Morgan fingerprint density at radius 3 is 2.70 bits per heavy atom. The third-order valence-corrected chi connectivity index (χ3v) is 7.73. The van der Waals surface area contributed by atoms with Gasteiger partial charge in [0.05, 0.1) is 24.2 Å². The van der Waals surface area contributed by atoms with Crippen molar-refractivity contribution in [3.05, 3.63) is 129 Å². The molecule has 6 rings (SSSR count). The zero-order valence-electron chi connectivity index (χ0n) is 24.5. The van der Waals surface area contributed by atoms with Gasteiger partial charge in [-0.1, -0.05) is 45.7 Å². The van der Waals surface area contributed by atoms with E-state index in [4.69, 9.17) is 30.5 Å². The summed E-state index contributed by atoms with van der Waals surface area (Å²) in [6, 6.07) is 24.9. The van der Waals surface area contributed by atoms with Crippen LogP contribution in [-0.4, -0.2) is 35.5 Å². The summed E-state index contributed by atoms with van der Waals surface area (Å²) in [5.74, 6) is 1.06. The molecule has 0 aliphatic rings. The summed E-state index contributed by atoms with van der Waals surface area (Å²) in [7, 11) is 1.50. The lowest BCUT2D eigenvalue weighted by Gasteiger charge is -2.16. The summed E-state index contributed by atoms with van der Waals surface area (Å²) in [4.78, 5) is 31.1. The van der Waals surface area contributed by atoms with E-state index in [0.717, 1.165) is 9.86 Å². The molecular weight excluding hydrogens is 672 g/mol. The number of aromatic nitrogens is 2. The number of rotatable bonds is 10. The molecule has 0 saturated heterocycles. The predicted molar refractivity (Wildman–Crippen MR) is 184 cm³/mol. The maximum absolute atomic E-state index is 13.7. The first kappa shape index (κ1) is 30.8. The number of ether oxygens (including phenoxy) is 2. The Morgan fingerprint density at radius 2 is 1.91 bits per heavy atom. The van der Waals surface area contributed by atoms with E-state index in [1.54, 1.807) is 54.6 Å². The van der Waals surface area contributed by atoms with Gasteiger partial charge >= 0.3 is 0 Å². The molecule has 0 aliphatic carbocycles. The molecule has 0 unspecified atom stereocenters. The number of hydrogen-bond acceptors (Lipinski definition) is 7. The molecule has 0 saturated carbocycles. The van der Waals surface area contributed by atoms with Crippen LogP contribution in [0.25, 0.3) is 33.5 Å². The summed E-state index contributed by atoms with van der Waals surface area (Å²) in [5, 5.41) is 9.17. The first-order valence-corrected chi connectivity index (χ1v) is 15.3. The van der Waals surface area contributed by atoms with Crippen LogP contribution in [0.3, 0.4) is 0 Å².